The van der Waals surface area contributed by atoms with E-state index >= 15 is 0 Å². The number of hydrogen-bond donors (Lipinski definition) is 2. The van der Waals surface area contributed by atoms with E-state index in [1.807, 2.05) is 0 Å². The van der Waals surface area contributed by atoms with Crippen molar-refractivity contribution in [3.05, 3.63) is 51.2 Å². The summed E-state index contributed by atoms with van der Waals surface area (Å²) in [4.78, 5) is 22.4. The predicted octanol–water partition coefficient (Wildman–Crippen LogP) is 1.95. The number of ether oxygens (including phenoxy) is 1. The normalized spacial score (nSPS) is 17.5. The van der Waals surface area contributed by atoms with Crippen LogP contribution in [-0.2, 0) is 9.53 Å². The summed E-state index contributed by atoms with van der Waals surface area (Å²) in [5.41, 5.74) is 1.69. The summed E-state index contributed by atoms with van der Waals surface area (Å²) >= 11 is 5.11. The van der Waals surface area contributed by atoms with Crippen molar-refractivity contribution in [3.63, 3.8) is 0 Å². The number of nitrogens with zero attached hydrogens (tertiary/aromatic N) is 1. The number of thiocarbonyl (C=S) groups is 1. The van der Waals surface area contributed by atoms with E-state index in [4.69, 9.17) is 17.0 Å². The van der Waals surface area contributed by atoms with Gasteiger partial charge in [0.05, 0.1) is 23.1 Å². The molecule has 1 aliphatic heterocycles. The van der Waals surface area contributed by atoms with Gasteiger partial charge in [0.25, 0.3) is 5.69 Å². The standard InChI is InChI=1S/C14H15N3O4S/c1-3-21-13(18)11-8(2)15-14(22)16-12(11)9-4-6-10(7-5-9)17(19)20/h4-7,12H,3H2,1-2H3,(H2,15,16,22)/t12-/m0/s1. The summed E-state index contributed by atoms with van der Waals surface area (Å²) in [5.74, 6) is -0.453. The Morgan fingerprint density at radius 3 is 2.59 bits per heavy atom. The largest absolute Gasteiger partial charge is 0.463 e. The highest BCUT2D eigenvalue weighted by Crippen LogP contribution is 2.28. The predicted molar refractivity (Wildman–Crippen MR) is 84.0 cm³/mol. The minimum atomic E-state index is -0.506. The number of allylic oxidation sites excluding steroid dienone is 1. The molecule has 0 aliphatic carbocycles. The summed E-state index contributed by atoms with van der Waals surface area (Å²) in [6.45, 7) is 3.72. The van der Waals surface area contributed by atoms with Gasteiger partial charge in [-0.15, -0.1) is 0 Å². The van der Waals surface area contributed by atoms with E-state index in [-0.39, 0.29) is 12.3 Å². The van der Waals surface area contributed by atoms with Crippen LogP contribution in [0.15, 0.2) is 35.5 Å². The molecule has 1 atom stereocenters. The minimum Gasteiger partial charge on any atom is -0.463 e. The van der Waals surface area contributed by atoms with Crippen LogP contribution in [0.5, 0.6) is 0 Å². The Hall–Kier alpha value is -2.48. The van der Waals surface area contributed by atoms with E-state index in [1.165, 1.54) is 12.1 Å². The van der Waals surface area contributed by atoms with Crippen LogP contribution < -0.4 is 10.6 Å². The van der Waals surface area contributed by atoms with Gasteiger partial charge in [-0.1, -0.05) is 0 Å². The van der Waals surface area contributed by atoms with Gasteiger partial charge in [0.15, 0.2) is 5.11 Å². The highest BCUT2D eigenvalue weighted by atomic mass is 32.1. The van der Waals surface area contributed by atoms with Crippen molar-refractivity contribution in [2.45, 2.75) is 19.9 Å². The van der Waals surface area contributed by atoms with E-state index in [1.54, 1.807) is 26.0 Å². The summed E-state index contributed by atoms with van der Waals surface area (Å²) in [7, 11) is 0. The number of rotatable bonds is 4. The molecule has 1 aromatic carbocycles. The maximum atomic E-state index is 12.2. The molecule has 0 spiro atoms. The first kappa shape index (κ1) is 15.9. The van der Waals surface area contributed by atoms with Gasteiger partial charge in [0.1, 0.15) is 0 Å². The Morgan fingerprint density at radius 2 is 2.05 bits per heavy atom. The quantitative estimate of drug-likeness (QED) is 0.379. The maximum Gasteiger partial charge on any atom is 0.338 e. The number of nitro groups is 1. The molecule has 2 N–H and O–H groups in total. The van der Waals surface area contributed by atoms with Crippen molar-refractivity contribution >= 4 is 29.0 Å². The van der Waals surface area contributed by atoms with Crippen molar-refractivity contribution in [2.75, 3.05) is 6.61 Å². The number of nitrogens with one attached hydrogen (secondary N) is 2. The molecule has 0 saturated carbocycles. The fourth-order valence-electron chi connectivity index (χ4n) is 2.21. The van der Waals surface area contributed by atoms with E-state index in [2.05, 4.69) is 10.6 Å². The summed E-state index contributed by atoms with van der Waals surface area (Å²) < 4.78 is 5.07. The fraction of sp³-hybridized carbons (Fsp3) is 0.286. The van der Waals surface area contributed by atoms with Gasteiger partial charge in [0, 0.05) is 17.8 Å². The average Bonchev–Trinajstić information content (AvgIpc) is 2.46. The number of carbonyl (C=O) groups is 1. The lowest BCUT2D eigenvalue weighted by molar-refractivity contribution is -0.384. The van der Waals surface area contributed by atoms with Crippen LogP contribution in [0.4, 0.5) is 5.69 Å². The number of hydrogen-bond acceptors (Lipinski definition) is 5. The SMILES string of the molecule is CCOC(=O)C1=C(C)NC(=S)N[C@H]1c1ccc([N+](=O)[O-])cc1. The molecular weight excluding hydrogens is 306 g/mol. The fourth-order valence-corrected chi connectivity index (χ4v) is 2.48. The molecule has 2 rings (SSSR count). The van der Waals surface area contributed by atoms with Gasteiger partial charge in [-0.2, -0.15) is 0 Å². The molecule has 0 aromatic heterocycles. The molecule has 1 aromatic rings. The first-order chi connectivity index (χ1) is 10.4. The molecular formula is C14H15N3O4S. The van der Waals surface area contributed by atoms with Crippen molar-refractivity contribution in [3.8, 4) is 0 Å². The molecule has 116 valence electrons. The van der Waals surface area contributed by atoms with Gasteiger partial charge >= 0.3 is 5.97 Å². The molecule has 0 bridgehead atoms. The second-order valence-electron chi connectivity index (χ2n) is 4.64. The monoisotopic (exact) mass is 321 g/mol. The summed E-state index contributed by atoms with van der Waals surface area (Å²) in [6, 6.07) is 5.46. The number of non-ortho nitro benzene ring substituents is 1. The van der Waals surface area contributed by atoms with Crippen molar-refractivity contribution in [1.82, 2.24) is 10.6 Å². The Bertz CT molecular complexity index is 655. The summed E-state index contributed by atoms with van der Waals surface area (Å²) in [6.07, 6.45) is 0. The summed E-state index contributed by atoms with van der Waals surface area (Å²) in [5, 5.41) is 17.0. The van der Waals surface area contributed by atoms with E-state index in [0.717, 1.165) is 0 Å². The third kappa shape index (κ3) is 3.22. The Morgan fingerprint density at radius 1 is 1.41 bits per heavy atom. The van der Waals surface area contributed by atoms with Crippen LogP contribution in [0.1, 0.15) is 25.5 Å². The lowest BCUT2D eigenvalue weighted by atomic mass is 9.95. The Kier molecular flexibility index (Phi) is 4.71. The van der Waals surface area contributed by atoms with Gasteiger partial charge in [0.2, 0.25) is 0 Å². The van der Waals surface area contributed by atoms with Crippen LogP contribution in [0, 0.1) is 10.1 Å². The van der Waals surface area contributed by atoms with Crippen LogP contribution in [0.3, 0.4) is 0 Å². The molecule has 0 unspecified atom stereocenters. The number of carbonyl (C=O) groups excluding carboxylic acids is 1. The van der Waals surface area contributed by atoms with Gasteiger partial charge in [-0.05, 0) is 43.8 Å². The second kappa shape index (κ2) is 6.52. The molecule has 0 fully saturated rings. The van der Waals surface area contributed by atoms with Crippen LogP contribution in [0.25, 0.3) is 0 Å². The van der Waals surface area contributed by atoms with Crippen LogP contribution >= 0.6 is 12.2 Å². The smallest absolute Gasteiger partial charge is 0.338 e. The average molecular weight is 321 g/mol. The van der Waals surface area contributed by atoms with Gasteiger partial charge in [-0.3, -0.25) is 10.1 Å². The Labute approximate surface area is 132 Å². The first-order valence-corrected chi connectivity index (χ1v) is 7.04. The topological polar surface area (TPSA) is 93.5 Å². The van der Waals surface area contributed by atoms with Crippen LogP contribution in [0.2, 0.25) is 0 Å². The molecule has 22 heavy (non-hydrogen) atoms. The third-order valence-corrected chi connectivity index (χ3v) is 3.42. The van der Waals surface area contributed by atoms with Gasteiger partial charge < -0.3 is 15.4 Å². The Balaban J connectivity index is 2.40. The zero-order valence-corrected chi connectivity index (χ0v) is 12.9. The second-order valence-corrected chi connectivity index (χ2v) is 5.05. The molecule has 8 heteroatoms. The molecule has 1 aliphatic rings. The number of nitro benzene ring substituents is 1. The van der Waals surface area contributed by atoms with Gasteiger partial charge in [-0.25, -0.2) is 4.79 Å². The minimum absolute atomic E-state index is 0.0151. The van der Waals surface area contributed by atoms with Crippen LogP contribution in [-0.4, -0.2) is 22.6 Å². The molecule has 7 nitrogen and oxygen atoms in total. The molecule has 0 amide bonds. The zero-order chi connectivity index (χ0) is 16.3. The molecule has 0 radical (unpaired) electrons. The molecule has 0 saturated heterocycles. The molecule has 1 heterocycles. The third-order valence-electron chi connectivity index (χ3n) is 3.20. The first-order valence-electron chi connectivity index (χ1n) is 6.63. The number of esters is 1. The zero-order valence-electron chi connectivity index (χ0n) is 12.1. The van der Waals surface area contributed by atoms with E-state index in [9.17, 15) is 14.9 Å². The van der Waals surface area contributed by atoms with Crippen molar-refractivity contribution < 1.29 is 14.5 Å². The van der Waals surface area contributed by atoms with Crippen molar-refractivity contribution in [2.24, 2.45) is 0 Å². The maximum absolute atomic E-state index is 12.2. The number of benzene rings is 1. The lowest BCUT2D eigenvalue weighted by Gasteiger charge is -2.29. The van der Waals surface area contributed by atoms with E-state index in [0.29, 0.717) is 21.9 Å². The highest BCUT2D eigenvalue weighted by Gasteiger charge is 2.30. The highest BCUT2D eigenvalue weighted by molar-refractivity contribution is 7.80. The van der Waals surface area contributed by atoms with Crippen molar-refractivity contribution in [1.29, 1.82) is 0 Å². The lowest BCUT2D eigenvalue weighted by Crippen LogP contribution is -2.45. The van der Waals surface area contributed by atoms with E-state index < -0.39 is 16.9 Å².